The molecule has 0 aliphatic heterocycles. The van der Waals surface area contributed by atoms with Crippen molar-refractivity contribution < 1.29 is 14.6 Å². The largest absolute Gasteiger partial charge is 0.390 e. The van der Waals surface area contributed by atoms with Crippen LogP contribution in [-0.2, 0) is 15.3 Å². The van der Waals surface area contributed by atoms with E-state index in [1.54, 1.807) is 18.3 Å². The number of aliphatic hydroxyl groups excluding tert-OH is 1. The Hall–Kier alpha value is -0.970. The van der Waals surface area contributed by atoms with Crippen LogP contribution in [0.2, 0.25) is 0 Å². The van der Waals surface area contributed by atoms with E-state index in [-0.39, 0.29) is 6.61 Å². The monoisotopic (exact) mass is 183 g/mol. The number of methoxy groups -OCH3 is 2. The van der Waals surface area contributed by atoms with Crippen molar-refractivity contribution >= 4 is 0 Å². The van der Waals surface area contributed by atoms with Crippen LogP contribution in [0.15, 0.2) is 24.4 Å². The summed E-state index contributed by atoms with van der Waals surface area (Å²) in [5, 5.41) is 9.14. The molecule has 0 saturated carbocycles. The van der Waals surface area contributed by atoms with E-state index in [2.05, 4.69) is 4.98 Å². The second kappa shape index (κ2) is 4.32. The van der Waals surface area contributed by atoms with Gasteiger partial charge in [0.25, 0.3) is 0 Å². The topological polar surface area (TPSA) is 51.6 Å². The molecule has 0 aliphatic rings. The molecule has 0 radical (unpaired) electrons. The zero-order valence-electron chi connectivity index (χ0n) is 7.73. The van der Waals surface area contributed by atoms with Gasteiger partial charge in [0.2, 0.25) is 5.79 Å². The molecule has 0 aliphatic carbocycles. The first-order chi connectivity index (χ1) is 6.29. The highest BCUT2D eigenvalue weighted by Crippen LogP contribution is 2.22. The van der Waals surface area contributed by atoms with Crippen LogP contribution in [0, 0.1) is 0 Å². The van der Waals surface area contributed by atoms with E-state index < -0.39 is 5.79 Å². The fourth-order valence-corrected chi connectivity index (χ4v) is 1.09. The Morgan fingerprint density at radius 1 is 1.38 bits per heavy atom. The van der Waals surface area contributed by atoms with E-state index in [4.69, 9.17) is 14.6 Å². The summed E-state index contributed by atoms with van der Waals surface area (Å²) in [6.07, 6.45) is 1.62. The van der Waals surface area contributed by atoms with Crippen LogP contribution in [0.25, 0.3) is 0 Å². The maximum atomic E-state index is 9.14. The van der Waals surface area contributed by atoms with Crippen molar-refractivity contribution in [2.24, 2.45) is 0 Å². The molecule has 0 aromatic carbocycles. The predicted molar refractivity (Wildman–Crippen MR) is 47.0 cm³/mol. The number of nitrogens with zero attached hydrogens (tertiary/aromatic N) is 1. The lowest BCUT2D eigenvalue weighted by Gasteiger charge is -2.27. The van der Waals surface area contributed by atoms with Gasteiger partial charge in [0, 0.05) is 20.4 Å². The summed E-state index contributed by atoms with van der Waals surface area (Å²) >= 11 is 0. The van der Waals surface area contributed by atoms with E-state index in [9.17, 15) is 0 Å². The zero-order chi connectivity index (χ0) is 9.73. The van der Waals surface area contributed by atoms with Crippen LogP contribution in [0.3, 0.4) is 0 Å². The highest BCUT2D eigenvalue weighted by Gasteiger charge is 2.32. The van der Waals surface area contributed by atoms with Crippen LogP contribution in [-0.4, -0.2) is 30.9 Å². The van der Waals surface area contributed by atoms with Gasteiger partial charge in [-0.2, -0.15) is 0 Å². The molecule has 4 nitrogen and oxygen atoms in total. The molecule has 0 atom stereocenters. The fourth-order valence-electron chi connectivity index (χ4n) is 1.09. The third kappa shape index (κ3) is 1.85. The standard InChI is InChI=1S/C9H13NO3/c1-12-9(7-11,13-2)8-5-3-4-6-10-8/h3-6,11H,7H2,1-2H3. The minimum absolute atomic E-state index is 0.267. The minimum atomic E-state index is -1.14. The van der Waals surface area contributed by atoms with Gasteiger partial charge < -0.3 is 14.6 Å². The van der Waals surface area contributed by atoms with Crippen molar-refractivity contribution in [3.05, 3.63) is 30.1 Å². The smallest absolute Gasteiger partial charge is 0.235 e. The Kier molecular flexibility index (Phi) is 3.36. The second-order valence-corrected chi connectivity index (χ2v) is 2.53. The lowest BCUT2D eigenvalue weighted by atomic mass is 10.2. The van der Waals surface area contributed by atoms with Gasteiger partial charge in [-0.3, -0.25) is 4.98 Å². The predicted octanol–water partition coefficient (Wildman–Crippen LogP) is 0.520. The normalized spacial score (nSPS) is 11.6. The molecule has 0 fully saturated rings. The summed E-state index contributed by atoms with van der Waals surface area (Å²) in [5.41, 5.74) is 0.558. The quantitative estimate of drug-likeness (QED) is 0.691. The molecule has 0 bridgehead atoms. The Morgan fingerprint density at radius 2 is 2.08 bits per heavy atom. The number of hydrogen-bond acceptors (Lipinski definition) is 4. The molecule has 1 rings (SSSR count). The Bertz CT molecular complexity index is 238. The number of rotatable bonds is 4. The molecular weight excluding hydrogens is 170 g/mol. The zero-order valence-corrected chi connectivity index (χ0v) is 7.73. The average Bonchev–Trinajstić information content (AvgIpc) is 2.23. The molecule has 4 heteroatoms. The van der Waals surface area contributed by atoms with Gasteiger partial charge in [0.05, 0.1) is 0 Å². The van der Waals surface area contributed by atoms with Gasteiger partial charge >= 0.3 is 0 Å². The first kappa shape index (κ1) is 10.1. The Morgan fingerprint density at radius 3 is 2.46 bits per heavy atom. The van der Waals surface area contributed by atoms with Crippen LogP contribution >= 0.6 is 0 Å². The SMILES string of the molecule is COC(CO)(OC)c1ccccn1. The maximum absolute atomic E-state index is 9.14. The van der Waals surface area contributed by atoms with Crippen LogP contribution in [0.1, 0.15) is 5.69 Å². The van der Waals surface area contributed by atoms with Crippen LogP contribution < -0.4 is 0 Å². The summed E-state index contributed by atoms with van der Waals surface area (Å²) in [6, 6.07) is 5.34. The van der Waals surface area contributed by atoms with Crippen molar-refractivity contribution in [2.75, 3.05) is 20.8 Å². The van der Waals surface area contributed by atoms with Gasteiger partial charge in [0.15, 0.2) is 0 Å². The molecule has 0 unspecified atom stereocenters. The van der Waals surface area contributed by atoms with Crippen molar-refractivity contribution in [1.82, 2.24) is 4.98 Å². The number of pyridine rings is 1. The molecule has 0 spiro atoms. The number of ether oxygens (including phenoxy) is 2. The average molecular weight is 183 g/mol. The molecule has 13 heavy (non-hydrogen) atoms. The first-order valence-electron chi connectivity index (χ1n) is 3.92. The third-order valence-corrected chi connectivity index (χ3v) is 1.92. The lowest BCUT2D eigenvalue weighted by Crippen LogP contribution is -2.35. The van der Waals surface area contributed by atoms with Crippen molar-refractivity contribution in [2.45, 2.75) is 5.79 Å². The van der Waals surface area contributed by atoms with Crippen molar-refractivity contribution in [3.63, 3.8) is 0 Å². The number of hydrogen-bond donors (Lipinski definition) is 1. The van der Waals surface area contributed by atoms with E-state index in [1.165, 1.54) is 14.2 Å². The second-order valence-electron chi connectivity index (χ2n) is 2.53. The molecule has 1 aromatic rings. The van der Waals surface area contributed by atoms with Gasteiger partial charge in [-0.1, -0.05) is 6.07 Å². The highest BCUT2D eigenvalue weighted by molar-refractivity contribution is 5.10. The van der Waals surface area contributed by atoms with Crippen LogP contribution in [0.5, 0.6) is 0 Å². The van der Waals surface area contributed by atoms with E-state index >= 15 is 0 Å². The van der Waals surface area contributed by atoms with Gasteiger partial charge in [0.1, 0.15) is 12.3 Å². The van der Waals surface area contributed by atoms with Crippen molar-refractivity contribution in [3.8, 4) is 0 Å². The Balaban J connectivity index is 3.01. The summed E-state index contributed by atoms with van der Waals surface area (Å²) < 4.78 is 10.2. The van der Waals surface area contributed by atoms with Crippen molar-refractivity contribution in [1.29, 1.82) is 0 Å². The van der Waals surface area contributed by atoms with Crippen LogP contribution in [0.4, 0.5) is 0 Å². The first-order valence-corrected chi connectivity index (χ1v) is 3.92. The molecule has 1 N–H and O–H groups in total. The lowest BCUT2D eigenvalue weighted by molar-refractivity contribution is -0.238. The van der Waals surface area contributed by atoms with Gasteiger partial charge in [-0.15, -0.1) is 0 Å². The fraction of sp³-hybridized carbons (Fsp3) is 0.444. The van der Waals surface area contributed by atoms with Gasteiger partial charge in [-0.25, -0.2) is 0 Å². The molecule has 1 aromatic heterocycles. The summed E-state index contributed by atoms with van der Waals surface area (Å²) in [6.45, 7) is -0.267. The number of aliphatic hydroxyl groups is 1. The summed E-state index contributed by atoms with van der Waals surface area (Å²) in [4.78, 5) is 4.05. The summed E-state index contributed by atoms with van der Waals surface area (Å²) in [7, 11) is 2.93. The molecule has 0 saturated heterocycles. The summed E-state index contributed by atoms with van der Waals surface area (Å²) in [5.74, 6) is -1.14. The highest BCUT2D eigenvalue weighted by atomic mass is 16.7. The third-order valence-electron chi connectivity index (χ3n) is 1.92. The van der Waals surface area contributed by atoms with Gasteiger partial charge in [-0.05, 0) is 12.1 Å². The molecule has 1 heterocycles. The molecule has 72 valence electrons. The molecular formula is C9H13NO3. The minimum Gasteiger partial charge on any atom is -0.390 e. The van der Waals surface area contributed by atoms with E-state index in [0.717, 1.165) is 0 Å². The maximum Gasteiger partial charge on any atom is 0.235 e. The number of aromatic nitrogens is 1. The molecule has 0 amide bonds. The van der Waals surface area contributed by atoms with E-state index in [1.807, 2.05) is 6.07 Å². The Labute approximate surface area is 77.1 Å². The van der Waals surface area contributed by atoms with E-state index in [0.29, 0.717) is 5.69 Å².